The molecule has 3 heteroatoms. The van der Waals surface area contributed by atoms with Crippen LogP contribution in [0.3, 0.4) is 0 Å². The van der Waals surface area contributed by atoms with Crippen LogP contribution < -0.4 is 4.90 Å². The van der Waals surface area contributed by atoms with Crippen LogP contribution in [0, 0.1) is 35.0 Å². The lowest BCUT2D eigenvalue weighted by molar-refractivity contribution is 0.0831. The third-order valence-corrected chi connectivity index (χ3v) is 14.1. The van der Waals surface area contributed by atoms with E-state index >= 15 is 0 Å². The first kappa shape index (κ1) is 32.5. The minimum absolute atomic E-state index is 0.0487. The van der Waals surface area contributed by atoms with Gasteiger partial charge < -0.3 is 9.64 Å². The van der Waals surface area contributed by atoms with Crippen LogP contribution in [0.2, 0.25) is 0 Å². The summed E-state index contributed by atoms with van der Waals surface area (Å²) in [6, 6.07) is 26.7. The van der Waals surface area contributed by atoms with Crippen LogP contribution in [0.25, 0.3) is 32.8 Å². The van der Waals surface area contributed by atoms with Gasteiger partial charge >= 0.3 is 0 Å². The van der Waals surface area contributed by atoms with Gasteiger partial charge in [0.15, 0.2) is 0 Å². The Balaban J connectivity index is 1.01. The fourth-order valence-corrected chi connectivity index (χ4v) is 11.6. The van der Waals surface area contributed by atoms with Gasteiger partial charge in [-0.2, -0.15) is 0 Å². The van der Waals surface area contributed by atoms with E-state index in [-0.39, 0.29) is 29.6 Å². The molecule has 3 nitrogen and oxygen atoms in total. The van der Waals surface area contributed by atoms with Crippen LogP contribution >= 0.6 is 0 Å². The van der Waals surface area contributed by atoms with E-state index in [9.17, 15) is 0 Å². The van der Waals surface area contributed by atoms with Crippen molar-refractivity contribution in [2.75, 3.05) is 4.90 Å². The number of fused-ring (bicyclic) bond motifs is 11. The molecule has 6 aliphatic carbocycles. The van der Waals surface area contributed by atoms with Crippen molar-refractivity contribution < 1.29 is 4.74 Å². The van der Waals surface area contributed by atoms with Gasteiger partial charge in [-0.05, 0) is 81.2 Å². The second-order valence-corrected chi connectivity index (χ2v) is 17.0. The summed E-state index contributed by atoms with van der Waals surface area (Å²) in [6.45, 7) is 2.43. The highest BCUT2D eigenvalue weighted by molar-refractivity contribution is 5.97. The molecule has 4 aromatic rings. The van der Waals surface area contributed by atoms with Gasteiger partial charge in [0.25, 0.3) is 0 Å². The number of hydrogen-bond acceptors (Lipinski definition) is 3. The molecule has 9 atom stereocenters. The first-order valence-corrected chi connectivity index (χ1v) is 20.6. The van der Waals surface area contributed by atoms with Gasteiger partial charge in [0.05, 0.1) is 23.8 Å². The van der Waals surface area contributed by atoms with Crippen molar-refractivity contribution in [3.63, 3.8) is 0 Å². The Labute approximate surface area is 329 Å². The van der Waals surface area contributed by atoms with Gasteiger partial charge in [0.2, 0.25) is 0 Å². The number of nitrogens with zero attached hydrogens (tertiary/aromatic N) is 2. The summed E-state index contributed by atoms with van der Waals surface area (Å²) in [4.78, 5) is 8.08. The van der Waals surface area contributed by atoms with Crippen molar-refractivity contribution in [3.8, 4) is 0 Å². The summed E-state index contributed by atoms with van der Waals surface area (Å²) in [5, 5.41) is 3.73. The number of rotatable bonds is 3. The minimum Gasteiger partial charge on any atom is -0.365 e. The molecule has 1 aromatic heterocycles. The molecule has 1 fully saturated rings. The molecule has 0 N–H and O–H groups in total. The Morgan fingerprint density at radius 3 is 2.61 bits per heavy atom. The van der Waals surface area contributed by atoms with E-state index in [1.54, 1.807) is 0 Å². The lowest BCUT2D eigenvalue weighted by atomic mass is 9.63. The molecule has 9 unspecified atom stereocenters. The van der Waals surface area contributed by atoms with Crippen molar-refractivity contribution in [2.24, 2.45) is 35.0 Å². The zero-order valence-electron chi connectivity index (χ0n) is 31.6. The maximum atomic E-state index is 7.17. The molecule has 2 bridgehead atoms. The predicted octanol–water partition coefficient (Wildman–Crippen LogP) is 11.8. The summed E-state index contributed by atoms with van der Waals surface area (Å²) < 4.78 is 7.17. The van der Waals surface area contributed by atoms with Crippen molar-refractivity contribution in [1.82, 2.24) is 4.98 Å². The minimum atomic E-state index is -0.173. The molecular weight excluding hydrogens is 681 g/mol. The standard InChI is InChI=1S/C53H44N2O/c1-53-29-11-21-44(52(53)56-48-28-25-35-14-4-7-18-42(35)51(48)53)45-32-49(54-46-22-9-8-19-43(45)46)55-38-26-23-36(40-20-10-15-33-12-2-5-16-39(33)40)30-37(31-38)50-41-17-6-3-13-34(41)24-27-47(50)55/h2-3,5-13,15-32,34,37,41,47-48,50-52H,4,14H2,1H3. The maximum absolute atomic E-state index is 7.17. The van der Waals surface area contributed by atoms with E-state index in [4.69, 9.17) is 9.72 Å². The van der Waals surface area contributed by atoms with Crippen molar-refractivity contribution in [3.05, 3.63) is 204 Å². The number of para-hydroxylation sites is 1. The molecule has 1 saturated heterocycles. The van der Waals surface area contributed by atoms with Crippen LogP contribution in [0.1, 0.15) is 30.9 Å². The molecule has 272 valence electrons. The molecule has 56 heavy (non-hydrogen) atoms. The first-order valence-electron chi connectivity index (χ1n) is 20.6. The predicted molar refractivity (Wildman–Crippen MR) is 230 cm³/mol. The largest absolute Gasteiger partial charge is 0.365 e. The lowest BCUT2D eigenvalue weighted by Crippen LogP contribution is -2.50. The Kier molecular flexibility index (Phi) is 7.17. The van der Waals surface area contributed by atoms with Crippen LogP contribution in [0.5, 0.6) is 0 Å². The Morgan fingerprint density at radius 2 is 1.64 bits per heavy atom. The Morgan fingerprint density at radius 1 is 0.768 bits per heavy atom. The molecule has 8 aliphatic rings. The highest BCUT2D eigenvalue weighted by Gasteiger charge is 2.55. The van der Waals surface area contributed by atoms with Crippen LogP contribution in [0.4, 0.5) is 5.82 Å². The second kappa shape index (κ2) is 12.4. The number of benzene rings is 3. The molecule has 0 saturated carbocycles. The van der Waals surface area contributed by atoms with E-state index in [1.165, 1.54) is 55.3 Å². The smallest absolute Gasteiger partial charge is 0.134 e. The van der Waals surface area contributed by atoms with Gasteiger partial charge in [0.1, 0.15) is 5.82 Å². The third kappa shape index (κ3) is 4.77. The number of ether oxygens (including phenoxy) is 1. The van der Waals surface area contributed by atoms with Gasteiger partial charge in [0, 0.05) is 40.2 Å². The zero-order chi connectivity index (χ0) is 37.0. The number of aromatic nitrogens is 1. The van der Waals surface area contributed by atoms with E-state index in [0.717, 1.165) is 24.2 Å². The van der Waals surface area contributed by atoms with E-state index in [0.29, 0.717) is 23.7 Å². The second-order valence-electron chi connectivity index (χ2n) is 17.0. The molecule has 0 spiro atoms. The highest BCUT2D eigenvalue weighted by Crippen LogP contribution is 2.58. The third-order valence-electron chi connectivity index (χ3n) is 14.1. The normalized spacial score (nSPS) is 33.0. The lowest BCUT2D eigenvalue weighted by Gasteiger charge is -2.49. The van der Waals surface area contributed by atoms with E-state index < -0.39 is 0 Å². The van der Waals surface area contributed by atoms with Crippen molar-refractivity contribution in [2.45, 2.75) is 38.0 Å². The summed E-state index contributed by atoms with van der Waals surface area (Å²) in [7, 11) is 0. The van der Waals surface area contributed by atoms with Crippen molar-refractivity contribution >= 4 is 38.6 Å². The number of allylic oxidation sites excluding steroid dienone is 16. The summed E-state index contributed by atoms with van der Waals surface area (Å²) in [5.74, 6) is 2.63. The zero-order valence-corrected chi connectivity index (χ0v) is 31.6. The molecule has 3 aromatic carbocycles. The quantitative estimate of drug-likeness (QED) is 0.197. The molecule has 2 aliphatic heterocycles. The van der Waals surface area contributed by atoms with Gasteiger partial charge in [-0.3, -0.25) is 0 Å². The summed E-state index contributed by atoms with van der Waals surface area (Å²) in [6.07, 6.45) is 42.7. The van der Waals surface area contributed by atoms with E-state index in [2.05, 4.69) is 188 Å². The van der Waals surface area contributed by atoms with Crippen molar-refractivity contribution in [1.29, 1.82) is 0 Å². The number of pyridine rings is 1. The van der Waals surface area contributed by atoms with Gasteiger partial charge in [-0.25, -0.2) is 4.98 Å². The topological polar surface area (TPSA) is 25.4 Å². The molecule has 0 radical (unpaired) electrons. The Hall–Kier alpha value is -5.77. The van der Waals surface area contributed by atoms with Crippen LogP contribution in [0.15, 0.2) is 193 Å². The van der Waals surface area contributed by atoms with Gasteiger partial charge in [-0.1, -0.05) is 165 Å². The maximum Gasteiger partial charge on any atom is 0.134 e. The van der Waals surface area contributed by atoms with Crippen LogP contribution in [-0.4, -0.2) is 23.2 Å². The number of hydrogen-bond donors (Lipinski definition) is 0. The molecule has 0 amide bonds. The summed E-state index contributed by atoms with van der Waals surface area (Å²) >= 11 is 0. The fraction of sp³-hybridized carbons (Fsp3) is 0.226. The number of anilines is 1. The molecule has 3 heterocycles. The molecule has 12 rings (SSSR count). The average molecular weight is 725 g/mol. The van der Waals surface area contributed by atoms with Gasteiger partial charge in [-0.15, -0.1) is 0 Å². The van der Waals surface area contributed by atoms with E-state index in [1.807, 2.05) is 0 Å². The fourth-order valence-electron chi connectivity index (χ4n) is 11.6. The SMILES string of the molecule is CC12C=CC=C(c3cc(N4C5=CC(C=C(c6cccc7ccccc67)C=C5)C5C6C=CC=CC6C=CC54)nc4ccccc34)C1OC1C=CC3=C(C=CCC3)C12. The Bertz CT molecular complexity index is 2700. The monoisotopic (exact) mass is 724 g/mol. The first-order chi connectivity index (χ1) is 27.6. The summed E-state index contributed by atoms with van der Waals surface area (Å²) in [5.41, 5.74) is 10.0. The molecular formula is C53H44N2O. The average Bonchev–Trinajstić information content (AvgIpc) is 3.45. The van der Waals surface area contributed by atoms with Crippen LogP contribution in [-0.2, 0) is 4.74 Å². The highest BCUT2D eigenvalue weighted by atomic mass is 16.5.